The van der Waals surface area contributed by atoms with Crippen LogP contribution in [0.4, 0.5) is 4.39 Å². The Morgan fingerprint density at radius 2 is 1.83 bits per heavy atom. The average Bonchev–Trinajstić information content (AvgIpc) is 3.16. The fourth-order valence-corrected chi connectivity index (χ4v) is 3.81. The van der Waals surface area contributed by atoms with Crippen LogP contribution in [0.25, 0.3) is 10.9 Å². The molecule has 0 amide bonds. The lowest BCUT2D eigenvalue weighted by Crippen LogP contribution is -2.33. The van der Waals surface area contributed by atoms with E-state index >= 15 is 0 Å². The van der Waals surface area contributed by atoms with Gasteiger partial charge in [-0.15, -0.1) is 0 Å². The summed E-state index contributed by atoms with van der Waals surface area (Å²) in [7, 11) is 1.83. The Morgan fingerprint density at radius 1 is 1.00 bits per heavy atom. The first kappa shape index (κ1) is 20.1. The highest BCUT2D eigenvalue weighted by molar-refractivity contribution is 5.82. The van der Waals surface area contributed by atoms with E-state index in [1.807, 2.05) is 73.9 Å². The molecule has 0 radical (unpaired) electrons. The summed E-state index contributed by atoms with van der Waals surface area (Å²) in [5, 5.41) is 14.9. The molecule has 2 N–H and O–H groups in total. The van der Waals surface area contributed by atoms with Crippen LogP contribution in [0.1, 0.15) is 17.2 Å². The van der Waals surface area contributed by atoms with Crippen molar-refractivity contribution in [2.24, 2.45) is 0 Å². The van der Waals surface area contributed by atoms with Crippen LogP contribution in [-0.4, -0.2) is 29.4 Å². The molecule has 0 aliphatic rings. The zero-order chi connectivity index (χ0) is 20.9. The average molecular weight is 404 g/mol. The first-order valence-corrected chi connectivity index (χ1v) is 10.0. The highest BCUT2D eigenvalue weighted by atomic mass is 19.1. The monoisotopic (exact) mass is 404 g/mol. The van der Waals surface area contributed by atoms with Gasteiger partial charge in [0.1, 0.15) is 18.2 Å². The van der Waals surface area contributed by atoms with E-state index in [1.165, 1.54) is 12.1 Å². The number of aromatic nitrogens is 1. The Bertz CT molecular complexity index is 1110. The normalized spacial score (nSPS) is 13.3. The zero-order valence-corrected chi connectivity index (χ0v) is 16.8. The van der Waals surface area contributed by atoms with Crippen LogP contribution in [0.15, 0.2) is 85.1 Å². The Hall–Kier alpha value is -3.15. The molecule has 0 bridgehead atoms. The van der Waals surface area contributed by atoms with E-state index in [0.29, 0.717) is 13.2 Å². The summed E-state index contributed by atoms with van der Waals surface area (Å²) in [4.78, 5) is 0. The van der Waals surface area contributed by atoms with Gasteiger partial charge in [0.25, 0.3) is 0 Å². The lowest BCUT2D eigenvalue weighted by atomic mass is 10.0. The van der Waals surface area contributed by atoms with Gasteiger partial charge < -0.3 is 19.7 Å². The largest absolute Gasteiger partial charge is 0.489 e. The standard InChI is InChI=1S/C25H25FN2O2/c1-27-16-24(29)25(19-7-3-2-4-8-19)28-13-12-20-15-22(10-11-23(20)28)30-17-18-6-5-9-21(26)14-18/h2-15,24-25,27,29H,16-17H2,1H3. The quantitative estimate of drug-likeness (QED) is 0.454. The van der Waals surface area contributed by atoms with E-state index in [-0.39, 0.29) is 11.9 Å². The number of aliphatic hydroxyl groups excluding tert-OH is 1. The second-order valence-electron chi connectivity index (χ2n) is 7.34. The van der Waals surface area contributed by atoms with Crippen LogP contribution in [0.5, 0.6) is 5.75 Å². The number of nitrogens with zero attached hydrogens (tertiary/aromatic N) is 1. The van der Waals surface area contributed by atoms with Crippen molar-refractivity contribution in [3.63, 3.8) is 0 Å². The van der Waals surface area contributed by atoms with Crippen molar-refractivity contribution in [3.05, 3.63) is 102 Å². The van der Waals surface area contributed by atoms with Gasteiger partial charge in [-0.3, -0.25) is 0 Å². The Kier molecular flexibility index (Phi) is 6.12. The maximum absolute atomic E-state index is 13.4. The number of nitrogens with one attached hydrogen (secondary N) is 1. The number of likely N-dealkylation sites (N-methyl/N-ethyl adjacent to an activating group) is 1. The smallest absolute Gasteiger partial charge is 0.123 e. The molecule has 0 saturated carbocycles. The van der Waals surface area contributed by atoms with Gasteiger partial charge in [-0.2, -0.15) is 0 Å². The van der Waals surface area contributed by atoms with Gasteiger partial charge >= 0.3 is 0 Å². The molecule has 1 aromatic heterocycles. The number of rotatable bonds is 8. The van der Waals surface area contributed by atoms with Gasteiger partial charge in [-0.1, -0.05) is 42.5 Å². The van der Waals surface area contributed by atoms with E-state index in [0.717, 1.165) is 27.8 Å². The molecule has 4 nitrogen and oxygen atoms in total. The maximum atomic E-state index is 13.4. The molecule has 30 heavy (non-hydrogen) atoms. The van der Waals surface area contributed by atoms with Gasteiger partial charge in [-0.25, -0.2) is 4.39 Å². The van der Waals surface area contributed by atoms with E-state index < -0.39 is 6.10 Å². The lowest BCUT2D eigenvalue weighted by molar-refractivity contribution is 0.132. The fourth-order valence-electron chi connectivity index (χ4n) is 3.81. The van der Waals surface area contributed by atoms with Crippen LogP contribution in [0, 0.1) is 5.82 Å². The molecule has 4 rings (SSSR count). The van der Waals surface area contributed by atoms with Crippen molar-refractivity contribution < 1.29 is 14.2 Å². The van der Waals surface area contributed by atoms with Gasteiger partial charge in [-0.05, 0) is 54.6 Å². The second-order valence-corrected chi connectivity index (χ2v) is 7.34. The number of hydrogen-bond acceptors (Lipinski definition) is 3. The van der Waals surface area contributed by atoms with E-state index in [4.69, 9.17) is 4.74 Å². The Balaban J connectivity index is 1.61. The van der Waals surface area contributed by atoms with E-state index in [9.17, 15) is 9.50 Å². The fraction of sp³-hybridized carbons (Fsp3) is 0.200. The first-order chi connectivity index (χ1) is 14.7. The van der Waals surface area contributed by atoms with Crippen molar-refractivity contribution in [2.75, 3.05) is 13.6 Å². The van der Waals surface area contributed by atoms with E-state index in [1.54, 1.807) is 6.07 Å². The predicted octanol–water partition coefficient (Wildman–Crippen LogP) is 4.53. The molecule has 2 unspecified atom stereocenters. The van der Waals surface area contributed by atoms with Gasteiger partial charge in [0, 0.05) is 23.6 Å². The van der Waals surface area contributed by atoms with Crippen molar-refractivity contribution >= 4 is 10.9 Å². The molecule has 2 atom stereocenters. The second kappa shape index (κ2) is 9.11. The molecular weight excluding hydrogens is 379 g/mol. The zero-order valence-electron chi connectivity index (χ0n) is 16.8. The highest BCUT2D eigenvalue weighted by Crippen LogP contribution is 2.30. The number of benzene rings is 3. The van der Waals surface area contributed by atoms with Crippen LogP contribution >= 0.6 is 0 Å². The third-order valence-corrected chi connectivity index (χ3v) is 5.20. The van der Waals surface area contributed by atoms with Gasteiger partial charge in [0.05, 0.1) is 12.1 Å². The third kappa shape index (κ3) is 4.37. The topological polar surface area (TPSA) is 46.4 Å². The molecule has 0 fully saturated rings. The molecule has 0 saturated heterocycles. The SMILES string of the molecule is CNCC(O)C(c1ccccc1)n1ccc2cc(OCc3cccc(F)c3)ccc21. The molecule has 0 aliphatic carbocycles. The summed E-state index contributed by atoms with van der Waals surface area (Å²) < 4.78 is 21.3. The van der Waals surface area contributed by atoms with Gasteiger partial charge in [0.2, 0.25) is 0 Å². The third-order valence-electron chi connectivity index (χ3n) is 5.20. The number of hydrogen-bond donors (Lipinski definition) is 2. The number of ether oxygens (including phenoxy) is 1. The maximum Gasteiger partial charge on any atom is 0.123 e. The molecule has 0 aliphatic heterocycles. The predicted molar refractivity (Wildman–Crippen MR) is 117 cm³/mol. The molecule has 0 spiro atoms. The van der Waals surface area contributed by atoms with Gasteiger partial charge in [0.15, 0.2) is 0 Å². The highest BCUT2D eigenvalue weighted by Gasteiger charge is 2.23. The van der Waals surface area contributed by atoms with Crippen LogP contribution < -0.4 is 10.1 Å². The minimum absolute atomic E-state index is 0.213. The summed E-state index contributed by atoms with van der Waals surface area (Å²) in [6.45, 7) is 0.783. The number of halogens is 1. The molecule has 5 heteroatoms. The first-order valence-electron chi connectivity index (χ1n) is 10.0. The summed E-state index contributed by atoms with van der Waals surface area (Å²) in [6.07, 6.45) is 1.41. The molecule has 154 valence electrons. The summed E-state index contributed by atoms with van der Waals surface area (Å²) in [5.74, 6) is 0.451. The van der Waals surface area contributed by atoms with Crippen LogP contribution in [0.3, 0.4) is 0 Å². The van der Waals surface area contributed by atoms with Crippen molar-refractivity contribution in [3.8, 4) is 5.75 Å². The molecule has 4 aromatic rings. The Morgan fingerprint density at radius 3 is 2.60 bits per heavy atom. The summed E-state index contributed by atoms with van der Waals surface area (Å²) in [6, 6.07) is 24.1. The minimum atomic E-state index is -0.586. The summed E-state index contributed by atoms with van der Waals surface area (Å²) in [5.41, 5.74) is 2.84. The molecule has 3 aromatic carbocycles. The van der Waals surface area contributed by atoms with Crippen molar-refractivity contribution in [2.45, 2.75) is 18.8 Å². The molecule has 1 heterocycles. The van der Waals surface area contributed by atoms with Crippen LogP contribution in [0.2, 0.25) is 0 Å². The number of fused-ring (bicyclic) bond motifs is 1. The van der Waals surface area contributed by atoms with Crippen LogP contribution in [-0.2, 0) is 6.61 Å². The minimum Gasteiger partial charge on any atom is -0.489 e. The van der Waals surface area contributed by atoms with E-state index in [2.05, 4.69) is 9.88 Å². The lowest BCUT2D eigenvalue weighted by Gasteiger charge is -2.26. The summed E-state index contributed by atoms with van der Waals surface area (Å²) >= 11 is 0. The number of aliphatic hydroxyl groups is 1. The molecular formula is C25H25FN2O2. The van der Waals surface area contributed by atoms with Crippen molar-refractivity contribution in [1.82, 2.24) is 9.88 Å². The Labute approximate surface area is 175 Å². The van der Waals surface area contributed by atoms with Crippen molar-refractivity contribution in [1.29, 1.82) is 0 Å².